The first-order valence-corrected chi connectivity index (χ1v) is 12.6. The minimum Gasteiger partial charge on any atom is -0.379 e. The Balaban J connectivity index is 1.37. The molecule has 0 unspecified atom stereocenters. The minimum atomic E-state index is -0.0211. The number of ether oxygens (including phenoxy) is 2. The van der Waals surface area contributed by atoms with Crippen molar-refractivity contribution in [1.82, 2.24) is 21.3 Å². The SMILES string of the molecule is N=C(NCCCOCCOCCCNC(=N)NC(=N)Nc1ccc(Cl)cc1)NC(=N)Nc1ccc(Cl)cc1. The lowest BCUT2D eigenvalue weighted by molar-refractivity contribution is 0.0466. The van der Waals surface area contributed by atoms with Gasteiger partial charge in [-0.1, -0.05) is 23.2 Å². The van der Waals surface area contributed by atoms with Gasteiger partial charge in [0.2, 0.25) is 0 Å². The second kappa shape index (κ2) is 17.8. The summed E-state index contributed by atoms with van der Waals surface area (Å²) in [5.41, 5.74) is 1.39. The summed E-state index contributed by atoms with van der Waals surface area (Å²) in [4.78, 5) is 0. The van der Waals surface area contributed by atoms with Crippen molar-refractivity contribution in [3.05, 3.63) is 58.6 Å². The standard InChI is InChI=1S/C24H34Cl2N10O2/c25-17-3-7-19(8-4-17)33-23(29)35-21(27)31-11-1-13-37-15-16-38-14-2-12-32-22(28)36-24(30)34-20-9-5-18(26)6-10-20/h3-10H,1-2,11-16H2,(H5,27,29,31,33,35)(H5,28,30,32,34,36). The summed E-state index contributed by atoms with van der Waals surface area (Å²) >= 11 is 11.7. The van der Waals surface area contributed by atoms with Gasteiger partial charge in [-0.25, -0.2) is 0 Å². The van der Waals surface area contributed by atoms with Crippen LogP contribution in [0.25, 0.3) is 0 Å². The molecular formula is C24H34Cl2N10O2. The molecule has 0 radical (unpaired) electrons. The molecular weight excluding hydrogens is 531 g/mol. The maximum Gasteiger partial charge on any atom is 0.199 e. The molecule has 0 spiro atoms. The van der Waals surface area contributed by atoms with E-state index in [2.05, 4.69) is 31.9 Å². The summed E-state index contributed by atoms with van der Waals surface area (Å²) in [5.74, 6) is -0.00276. The van der Waals surface area contributed by atoms with Gasteiger partial charge in [-0.3, -0.25) is 32.3 Å². The van der Waals surface area contributed by atoms with Crippen LogP contribution in [0.1, 0.15) is 12.8 Å². The number of halogens is 2. The molecule has 0 aromatic heterocycles. The monoisotopic (exact) mass is 564 g/mol. The van der Waals surface area contributed by atoms with Crippen molar-refractivity contribution in [2.45, 2.75) is 12.8 Å². The molecule has 0 bridgehead atoms. The third-order valence-electron chi connectivity index (χ3n) is 4.63. The normalized spacial score (nSPS) is 10.3. The van der Waals surface area contributed by atoms with E-state index in [9.17, 15) is 0 Å². The van der Waals surface area contributed by atoms with Gasteiger partial charge in [0.25, 0.3) is 0 Å². The van der Waals surface area contributed by atoms with Crippen LogP contribution in [-0.4, -0.2) is 63.4 Å². The average Bonchev–Trinajstić information content (AvgIpc) is 2.87. The number of anilines is 2. The molecule has 0 amide bonds. The molecule has 0 atom stereocenters. The first-order valence-electron chi connectivity index (χ1n) is 11.9. The Kier molecular flexibility index (Phi) is 14.4. The second-order valence-corrected chi connectivity index (χ2v) is 8.67. The molecule has 2 aromatic rings. The summed E-state index contributed by atoms with van der Waals surface area (Å²) < 4.78 is 11.0. The van der Waals surface area contributed by atoms with Crippen molar-refractivity contribution >= 4 is 58.4 Å². The van der Waals surface area contributed by atoms with Crippen LogP contribution in [0.15, 0.2) is 48.5 Å². The fraction of sp³-hybridized carbons (Fsp3) is 0.333. The molecule has 38 heavy (non-hydrogen) atoms. The van der Waals surface area contributed by atoms with E-state index in [1.54, 1.807) is 48.5 Å². The number of hydrogen-bond donors (Lipinski definition) is 10. The van der Waals surface area contributed by atoms with E-state index in [1.165, 1.54) is 0 Å². The van der Waals surface area contributed by atoms with Crippen molar-refractivity contribution in [2.24, 2.45) is 0 Å². The number of guanidine groups is 4. The van der Waals surface area contributed by atoms with Gasteiger partial charge in [0, 0.05) is 47.7 Å². The molecule has 0 heterocycles. The summed E-state index contributed by atoms with van der Waals surface area (Å²) in [5, 5.41) is 49.2. The first-order chi connectivity index (χ1) is 18.3. The highest BCUT2D eigenvalue weighted by Crippen LogP contribution is 2.13. The summed E-state index contributed by atoms with van der Waals surface area (Å²) in [7, 11) is 0. The molecule has 0 fully saturated rings. The molecule has 2 aromatic carbocycles. The van der Waals surface area contributed by atoms with Crippen LogP contribution in [-0.2, 0) is 9.47 Å². The zero-order valence-corrected chi connectivity index (χ0v) is 22.4. The maximum atomic E-state index is 7.85. The lowest BCUT2D eigenvalue weighted by atomic mass is 10.3. The molecule has 0 aliphatic rings. The fourth-order valence-corrected chi connectivity index (χ4v) is 3.11. The first kappa shape index (κ1) is 30.6. The lowest BCUT2D eigenvalue weighted by Gasteiger charge is -2.13. The summed E-state index contributed by atoms with van der Waals surface area (Å²) in [6.07, 6.45) is 1.39. The smallest absolute Gasteiger partial charge is 0.199 e. The van der Waals surface area contributed by atoms with Gasteiger partial charge in [-0.05, 0) is 61.4 Å². The Morgan fingerprint density at radius 3 is 1.29 bits per heavy atom. The van der Waals surface area contributed by atoms with Crippen LogP contribution in [0, 0.1) is 21.6 Å². The molecule has 10 N–H and O–H groups in total. The van der Waals surface area contributed by atoms with E-state index in [0.29, 0.717) is 73.8 Å². The van der Waals surface area contributed by atoms with E-state index in [1.807, 2.05) is 0 Å². The largest absolute Gasteiger partial charge is 0.379 e. The van der Waals surface area contributed by atoms with Gasteiger partial charge in [0.05, 0.1) is 13.2 Å². The van der Waals surface area contributed by atoms with E-state index in [-0.39, 0.29) is 23.8 Å². The third kappa shape index (κ3) is 14.2. The lowest BCUT2D eigenvalue weighted by Crippen LogP contribution is -2.43. The quantitative estimate of drug-likeness (QED) is 0.0994. The maximum absolute atomic E-state index is 7.85. The van der Waals surface area contributed by atoms with Gasteiger partial charge < -0.3 is 30.7 Å². The zero-order chi connectivity index (χ0) is 27.6. The van der Waals surface area contributed by atoms with Crippen LogP contribution < -0.4 is 31.9 Å². The van der Waals surface area contributed by atoms with Crippen molar-refractivity contribution in [2.75, 3.05) is 50.2 Å². The predicted molar refractivity (Wildman–Crippen MR) is 154 cm³/mol. The number of benzene rings is 2. The molecule has 206 valence electrons. The van der Waals surface area contributed by atoms with E-state index in [4.69, 9.17) is 54.3 Å². The van der Waals surface area contributed by atoms with Crippen LogP contribution in [0.3, 0.4) is 0 Å². The van der Waals surface area contributed by atoms with E-state index >= 15 is 0 Å². The highest BCUT2D eigenvalue weighted by atomic mass is 35.5. The number of hydrogen-bond acceptors (Lipinski definition) is 6. The Bertz CT molecular complexity index is 952. The van der Waals surface area contributed by atoms with Gasteiger partial charge >= 0.3 is 0 Å². The highest BCUT2D eigenvalue weighted by molar-refractivity contribution is 6.31. The molecule has 0 aliphatic heterocycles. The van der Waals surface area contributed by atoms with Crippen molar-refractivity contribution in [3.63, 3.8) is 0 Å². The van der Waals surface area contributed by atoms with Crippen molar-refractivity contribution in [3.8, 4) is 0 Å². The third-order valence-corrected chi connectivity index (χ3v) is 5.14. The van der Waals surface area contributed by atoms with Gasteiger partial charge in [0.15, 0.2) is 23.8 Å². The topological polar surface area (TPSA) is 186 Å². The van der Waals surface area contributed by atoms with Gasteiger partial charge in [-0.2, -0.15) is 0 Å². The van der Waals surface area contributed by atoms with E-state index in [0.717, 1.165) is 0 Å². The average molecular weight is 566 g/mol. The molecule has 12 nitrogen and oxygen atoms in total. The molecule has 0 aliphatic carbocycles. The van der Waals surface area contributed by atoms with E-state index < -0.39 is 0 Å². The van der Waals surface area contributed by atoms with Crippen LogP contribution >= 0.6 is 23.2 Å². The zero-order valence-electron chi connectivity index (χ0n) is 20.8. The Labute approximate surface area is 232 Å². The van der Waals surface area contributed by atoms with Gasteiger partial charge in [0.1, 0.15) is 0 Å². The van der Waals surface area contributed by atoms with Crippen LogP contribution in [0.2, 0.25) is 10.0 Å². The highest BCUT2D eigenvalue weighted by Gasteiger charge is 2.03. The molecule has 14 heteroatoms. The van der Waals surface area contributed by atoms with Gasteiger partial charge in [-0.15, -0.1) is 0 Å². The predicted octanol–water partition coefficient (Wildman–Crippen LogP) is 3.43. The molecule has 0 saturated heterocycles. The minimum absolute atomic E-state index is 0.0198. The summed E-state index contributed by atoms with van der Waals surface area (Å²) in [6, 6.07) is 13.8. The number of nitrogens with one attached hydrogen (secondary N) is 10. The Morgan fingerprint density at radius 1 is 0.553 bits per heavy atom. The van der Waals surface area contributed by atoms with Crippen molar-refractivity contribution in [1.29, 1.82) is 21.6 Å². The fourth-order valence-electron chi connectivity index (χ4n) is 2.85. The second-order valence-electron chi connectivity index (χ2n) is 7.80. The molecule has 2 rings (SSSR count). The number of rotatable bonds is 13. The Hall–Kier alpha value is -3.58. The van der Waals surface area contributed by atoms with Crippen LogP contribution in [0.5, 0.6) is 0 Å². The summed E-state index contributed by atoms with van der Waals surface area (Å²) in [6.45, 7) is 3.01. The van der Waals surface area contributed by atoms with Crippen LogP contribution in [0.4, 0.5) is 11.4 Å². The Morgan fingerprint density at radius 2 is 0.921 bits per heavy atom. The van der Waals surface area contributed by atoms with Crippen molar-refractivity contribution < 1.29 is 9.47 Å². The molecule has 0 saturated carbocycles.